The van der Waals surface area contributed by atoms with Gasteiger partial charge in [0.1, 0.15) is 17.1 Å². The Morgan fingerprint density at radius 2 is 1.55 bits per heavy atom. The van der Waals surface area contributed by atoms with Crippen LogP contribution in [0.4, 0.5) is 0 Å². The van der Waals surface area contributed by atoms with E-state index >= 15 is 0 Å². The molecule has 0 atom stereocenters. The Hall–Kier alpha value is -3.45. The first-order valence-corrected chi connectivity index (χ1v) is 18.1. The van der Waals surface area contributed by atoms with Gasteiger partial charge in [-0.05, 0) is 125 Å². The van der Waals surface area contributed by atoms with E-state index in [-0.39, 0.29) is 5.56 Å². The number of fused-ring (bicyclic) bond motifs is 1. The van der Waals surface area contributed by atoms with E-state index in [9.17, 15) is 4.79 Å². The molecule has 248 valence electrons. The molecule has 1 aromatic heterocycles. The van der Waals surface area contributed by atoms with E-state index in [1.807, 2.05) is 59.2 Å². The zero-order chi connectivity index (χ0) is 32.3. The lowest BCUT2D eigenvalue weighted by Gasteiger charge is -2.32. The van der Waals surface area contributed by atoms with Gasteiger partial charge in [0.05, 0.1) is 12.0 Å². The third-order valence-corrected chi connectivity index (χ3v) is 10.1. The van der Waals surface area contributed by atoms with Gasteiger partial charge >= 0.3 is 0 Å². The molecule has 0 saturated carbocycles. The van der Waals surface area contributed by atoms with E-state index in [0.717, 1.165) is 57.4 Å². The molecular weight excluding hydrogens is 604 g/mol. The number of benzene rings is 3. The molecular formula is C40H49ClN4O2. The fourth-order valence-electron chi connectivity index (χ4n) is 7.06. The van der Waals surface area contributed by atoms with Crippen LogP contribution < -0.4 is 10.3 Å². The Kier molecular flexibility index (Phi) is 12.2. The van der Waals surface area contributed by atoms with E-state index in [4.69, 9.17) is 21.3 Å². The zero-order valence-electron chi connectivity index (χ0n) is 27.7. The third-order valence-electron chi connectivity index (χ3n) is 9.86. The molecule has 3 heterocycles. The normalized spacial score (nSPS) is 16.7. The molecule has 2 aliphatic heterocycles. The lowest BCUT2D eigenvalue weighted by molar-refractivity contribution is 0.178. The van der Waals surface area contributed by atoms with Crippen LogP contribution in [0, 0.1) is 5.92 Å². The van der Waals surface area contributed by atoms with E-state index in [1.165, 1.54) is 50.8 Å². The first-order chi connectivity index (χ1) is 23.1. The van der Waals surface area contributed by atoms with Gasteiger partial charge < -0.3 is 14.5 Å². The van der Waals surface area contributed by atoms with Crippen LogP contribution in [0.2, 0.25) is 5.02 Å². The average Bonchev–Trinajstić information content (AvgIpc) is 3.11. The fraction of sp³-hybridized carbons (Fsp3) is 0.450. The summed E-state index contributed by atoms with van der Waals surface area (Å²) in [7, 11) is 0. The van der Waals surface area contributed by atoms with Gasteiger partial charge in [0.15, 0.2) is 0 Å². The van der Waals surface area contributed by atoms with E-state index in [1.54, 1.807) is 0 Å². The number of halogens is 1. The molecule has 0 spiro atoms. The number of nitrogens with zero attached hydrogens (tertiary/aromatic N) is 4. The van der Waals surface area contributed by atoms with Crippen molar-refractivity contribution in [1.82, 2.24) is 19.4 Å². The Labute approximate surface area is 285 Å². The van der Waals surface area contributed by atoms with Gasteiger partial charge in [-0.25, -0.2) is 4.98 Å². The van der Waals surface area contributed by atoms with Crippen LogP contribution in [-0.2, 0) is 13.0 Å². The van der Waals surface area contributed by atoms with Crippen LogP contribution in [0.3, 0.4) is 0 Å². The maximum atomic E-state index is 14.0. The summed E-state index contributed by atoms with van der Waals surface area (Å²) in [6.07, 6.45) is 14.5. The number of piperidine rings is 2. The summed E-state index contributed by atoms with van der Waals surface area (Å²) in [6, 6.07) is 24.3. The summed E-state index contributed by atoms with van der Waals surface area (Å²) in [6.45, 7) is 8.13. The predicted molar refractivity (Wildman–Crippen MR) is 195 cm³/mol. The van der Waals surface area contributed by atoms with E-state index < -0.39 is 0 Å². The SMILES string of the molecule is O=c1c2cccc(OCCCN3CCCCC3)c2nc(/C=C/c2ccc(Cl)cc2)n1CCCC1CCN(CCc2ccccc2)CC1. The number of aromatic nitrogens is 2. The molecule has 6 nitrogen and oxygen atoms in total. The quantitative estimate of drug-likeness (QED) is 0.129. The Morgan fingerprint density at radius 3 is 2.34 bits per heavy atom. The molecule has 0 amide bonds. The van der Waals surface area contributed by atoms with Crippen molar-refractivity contribution in [3.05, 3.63) is 105 Å². The molecule has 0 radical (unpaired) electrons. The lowest BCUT2D eigenvalue weighted by atomic mass is 9.92. The van der Waals surface area contributed by atoms with Crippen LogP contribution in [-0.4, -0.2) is 65.2 Å². The van der Waals surface area contributed by atoms with Gasteiger partial charge in [0, 0.05) is 24.7 Å². The van der Waals surface area contributed by atoms with Crippen molar-refractivity contribution < 1.29 is 4.74 Å². The Balaban J connectivity index is 1.11. The van der Waals surface area contributed by atoms with Crippen molar-refractivity contribution in [3.63, 3.8) is 0 Å². The first-order valence-electron chi connectivity index (χ1n) is 17.7. The Morgan fingerprint density at radius 1 is 0.787 bits per heavy atom. The van der Waals surface area contributed by atoms with Gasteiger partial charge in [-0.15, -0.1) is 0 Å². The Bertz CT molecular complexity index is 1640. The van der Waals surface area contributed by atoms with Gasteiger partial charge in [-0.3, -0.25) is 9.36 Å². The van der Waals surface area contributed by atoms with Crippen molar-refractivity contribution in [2.24, 2.45) is 5.92 Å². The number of hydrogen-bond acceptors (Lipinski definition) is 5. The molecule has 47 heavy (non-hydrogen) atoms. The first kappa shape index (κ1) is 33.5. The highest BCUT2D eigenvalue weighted by atomic mass is 35.5. The van der Waals surface area contributed by atoms with Crippen LogP contribution in [0.5, 0.6) is 5.75 Å². The number of rotatable bonds is 14. The number of ether oxygens (including phenoxy) is 1. The lowest BCUT2D eigenvalue weighted by Crippen LogP contribution is -2.35. The fourth-order valence-corrected chi connectivity index (χ4v) is 7.19. The molecule has 2 fully saturated rings. The van der Waals surface area contributed by atoms with Crippen molar-refractivity contribution in [2.45, 2.75) is 64.3 Å². The third kappa shape index (κ3) is 9.56. The second-order valence-corrected chi connectivity index (χ2v) is 13.7. The summed E-state index contributed by atoms with van der Waals surface area (Å²) in [5, 5.41) is 1.32. The highest BCUT2D eigenvalue weighted by Gasteiger charge is 2.20. The van der Waals surface area contributed by atoms with Crippen LogP contribution in [0.15, 0.2) is 77.6 Å². The predicted octanol–water partition coefficient (Wildman–Crippen LogP) is 8.21. The van der Waals surface area contributed by atoms with Crippen molar-refractivity contribution >= 4 is 34.7 Å². The van der Waals surface area contributed by atoms with Crippen LogP contribution in [0.25, 0.3) is 23.1 Å². The molecule has 2 aliphatic rings. The molecule has 0 bridgehead atoms. The van der Waals surface area contributed by atoms with Gasteiger partial charge in [0.2, 0.25) is 0 Å². The molecule has 0 aliphatic carbocycles. The van der Waals surface area contributed by atoms with Crippen molar-refractivity contribution in [3.8, 4) is 5.75 Å². The summed E-state index contributed by atoms with van der Waals surface area (Å²) in [5.74, 6) is 2.05. The van der Waals surface area contributed by atoms with Crippen molar-refractivity contribution in [2.75, 3.05) is 45.9 Å². The van der Waals surface area contributed by atoms with E-state index in [0.29, 0.717) is 46.6 Å². The summed E-state index contributed by atoms with van der Waals surface area (Å²) < 4.78 is 8.13. The number of para-hydroxylation sites is 1. The van der Waals surface area contributed by atoms with Gasteiger partial charge in [-0.2, -0.15) is 0 Å². The molecule has 4 aromatic rings. The molecule has 0 unspecified atom stereocenters. The summed E-state index contributed by atoms with van der Waals surface area (Å²) in [4.78, 5) is 24.2. The van der Waals surface area contributed by atoms with Gasteiger partial charge in [-0.1, -0.05) is 72.6 Å². The smallest absolute Gasteiger partial charge is 0.261 e. The summed E-state index contributed by atoms with van der Waals surface area (Å²) >= 11 is 6.12. The maximum absolute atomic E-state index is 14.0. The van der Waals surface area contributed by atoms with Crippen molar-refractivity contribution in [1.29, 1.82) is 0 Å². The molecule has 6 rings (SSSR count). The number of hydrogen-bond donors (Lipinski definition) is 0. The minimum absolute atomic E-state index is 0.000235. The second kappa shape index (κ2) is 17.1. The molecule has 2 saturated heterocycles. The standard InChI is InChI=1S/C40H49ClN4O2/c41-35-18-15-34(16-19-35)17-20-38-42-39-36(13-7-14-37(39)47-31-9-26-43-24-5-2-6-25-43)40(46)45(38)27-8-12-33-22-29-44(30-23-33)28-21-32-10-3-1-4-11-32/h1,3-4,7,10-11,13-20,33H,2,5-6,8-9,12,21-31H2/b20-17+. The van der Waals surface area contributed by atoms with Crippen LogP contribution >= 0.6 is 11.6 Å². The van der Waals surface area contributed by atoms with Gasteiger partial charge in [0.25, 0.3) is 5.56 Å². The summed E-state index contributed by atoms with van der Waals surface area (Å²) in [5.41, 5.74) is 3.07. The van der Waals surface area contributed by atoms with E-state index in [2.05, 4.69) is 40.1 Å². The topological polar surface area (TPSA) is 50.6 Å². The maximum Gasteiger partial charge on any atom is 0.261 e. The second-order valence-electron chi connectivity index (χ2n) is 13.2. The number of likely N-dealkylation sites (tertiary alicyclic amines) is 2. The molecule has 3 aromatic carbocycles. The average molecular weight is 653 g/mol. The highest BCUT2D eigenvalue weighted by molar-refractivity contribution is 6.30. The minimum Gasteiger partial charge on any atom is -0.491 e. The minimum atomic E-state index is 0.000235. The monoisotopic (exact) mass is 652 g/mol. The molecule has 7 heteroatoms. The van der Waals surface area contributed by atoms with Crippen LogP contribution in [0.1, 0.15) is 68.3 Å². The zero-order valence-corrected chi connectivity index (χ0v) is 28.4. The highest BCUT2D eigenvalue weighted by Crippen LogP contribution is 2.25. The largest absolute Gasteiger partial charge is 0.491 e. The molecule has 0 N–H and O–H groups in total.